The zero-order valence-electron chi connectivity index (χ0n) is 6.62. The molecule has 0 fully saturated rings. The molecule has 62 valence electrons. The molecule has 0 spiro atoms. The van der Waals surface area contributed by atoms with Crippen LogP contribution >= 0.6 is 0 Å². The molecule has 0 radical (unpaired) electrons. The van der Waals surface area contributed by atoms with Crippen molar-refractivity contribution in [2.45, 2.75) is 0 Å². The molecule has 2 rings (SSSR count). The highest BCUT2D eigenvalue weighted by Crippen LogP contribution is 2.02. The average molecular weight is 171 g/mol. The topological polar surface area (TPSA) is 67.4 Å². The SMILES string of the molecule is N#Cc1nccn1-c1ncccn1. The summed E-state index contributed by atoms with van der Waals surface area (Å²) >= 11 is 0. The average Bonchev–Trinajstić information content (AvgIpc) is 2.67. The Labute approximate surface area is 74.3 Å². The number of hydrogen-bond donors (Lipinski definition) is 0. The molecule has 0 unspecified atom stereocenters. The van der Waals surface area contributed by atoms with Crippen LogP contribution in [0.4, 0.5) is 0 Å². The van der Waals surface area contributed by atoms with Gasteiger partial charge in [-0.05, 0) is 6.07 Å². The van der Waals surface area contributed by atoms with Crippen LogP contribution < -0.4 is 0 Å². The number of hydrogen-bond acceptors (Lipinski definition) is 4. The number of aromatic nitrogens is 4. The van der Waals surface area contributed by atoms with Crippen molar-refractivity contribution in [3.8, 4) is 12.0 Å². The largest absolute Gasteiger partial charge is 0.259 e. The Bertz CT molecular complexity index is 439. The van der Waals surface area contributed by atoms with Crippen molar-refractivity contribution in [3.63, 3.8) is 0 Å². The molecule has 0 aromatic carbocycles. The predicted octanol–water partition coefficient (Wildman–Crippen LogP) is 0.534. The summed E-state index contributed by atoms with van der Waals surface area (Å²) in [5.41, 5.74) is 0. The molecule has 0 atom stereocenters. The normalized spacial score (nSPS) is 9.46. The van der Waals surface area contributed by atoms with E-state index in [1.807, 2.05) is 6.07 Å². The van der Waals surface area contributed by atoms with Gasteiger partial charge < -0.3 is 0 Å². The van der Waals surface area contributed by atoms with Gasteiger partial charge in [-0.25, -0.2) is 15.0 Å². The molecular formula is C8H5N5. The lowest BCUT2D eigenvalue weighted by atomic mass is 10.6. The van der Waals surface area contributed by atoms with Crippen molar-refractivity contribution in [2.75, 3.05) is 0 Å². The summed E-state index contributed by atoms with van der Waals surface area (Å²) < 4.78 is 1.53. The molecule has 2 heterocycles. The van der Waals surface area contributed by atoms with Gasteiger partial charge in [-0.3, -0.25) is 4.57 Å². The van der Waals surface area contributed by atoms with Crippen LogP contribution in [0, 0.1) is 11.3 Å². The first kappa shape index (κ1) is 7.43. The number of rotatable bonds is 1. The first-order valence-electron chi connectivity index (χ1n) is 3.62. The minimum Gasteiger partial charge on any atom is -0.259 e. The van der Waals surface area contributed by atoms with Crippen molar-refractivity contribution in [1.82, 2.24) is 19.5 Å². The number of imidazole rings is 1. The lowest BCUT2D eigenvalue weighted by Gasteiger charge is -1.98. The molecule has 0 aliphatic carbocycles. The third-order valence-electron chi connectivity index (χ3n) is 1.51. The predicted molar refractivity (Wildman–Crippen MR) is 43.9 cm³/mol. The Morgan fingerprint density at radius 2 is 1.92 bits per heavy atom. The van der Waals surface area contributed by atoms with E-state index in [0.29, 0.717) is 5.95 Å². The van der Waals surface area contributed by atoms with E-state index in [2.05, 4.69) is 15.0 Å². The molecule has 2 aromatic heterocycles. The van der Waals surface area contributed by atoms with Gasteiger partial charge in [0.15, 0.2) is 0 Å². The van der Waals surface area contributed by atoms with E-state index in [-0.39, 0.29) is 5.82 Å². The summed E-state index contributed by atoms with van der Waals surface area (Å²) in [5, 5.41) is 8.68. The Balaban J connectivity index is 2.54. The maximum absolute atomic E-state index is 8.68. The lowest BCUT2D eigenvalue weighted by molar-refractivity contribution is 0.907. The second-order valence-corrected chi connectivity index (χ2v) is 2.28. The van der Waals surface area contributed by atoms with Gasteiger partial charge in [0, 0.05) is 24.8 Å². The Morgan fingerprint density at radius 3 is 2.62 bits per heavy atom. The fraction of sp³-hybridized carbons (Fsp3) is 0. The number of nitriles is 1. The minimum atomic E-state index is 0.284. The molecule has 0 saturated carbocycles. The van der Waals surface area contributed by atoms with E-state index in [1.54, 1.807) is 24.7 Å². The Morgan fingerprint density at radius 1 is 1.15 bits per heavy atom. The number of nitrogens with zero attached hydrogens (tertiary/aromatic N) is 5. The third-order valence-corrected chi connectivity index (χ3v) is 1.51. The van der Waals surface area contributed by atoms with E-state index < -0.39 is 0 Å². The van der Waals surface area contributed by atoms with E-state index in [0.717, 1.165) is 0 Å². The van der Waals surface area contributed by atoms with Crippen molar-refractivity contribution < 1.29 is 0 Å². The first-order valence-corrected chi connectivity index (χ1v) is 3.62. The van der Waals surface area contributed by atoms with Crippen LogP contribution in [0.5, 0.6) is 0 Å². The quantitative estimate of drug-likeness (QED) is 0.627. The maximum atomic E-state index is 8.68. The van der Waals surface area contributed by atoms with Crippen LogP contribution in [0.3, 0.4) is 0 Å². The van der Waals surface area contributed by atoms with Gasteiger partial charge in [-0.2, -0.15) is 5.26 Å². The summed E-state index contributed by atoms with van der Waals surface area (Å²) in [7, 11) is 0. The zero-order valence-corrected chi connectivity index (χ0v) is 6.62. The maximum Gasteiger partial charge on any atom is 0.235 e. The van der Waals surface area contributed by atoms with Gasteiger partial charge >= 0.3 is 0 Å². The standard InChI is InChI=1S/C8H5N5/c9-6-7-10-4-5-13(7)8-11-2-1-3-12-8/h1-5H. The van der Waals surface area contributed by atoms with Gasteiger partial charge in [0.25, 0.3) is 0 Å². The van der Waals surface area contributed by atoms with E-state index in [1.165, 1.54) is 10.8 Å². The molecule has 0 N–H and O–H groups in total. The van der Waals surface area contributed by atoms with Crippen LogP contribution in [0.2, 0.25) is 0 Å². The molecule has 13 heavy (non-hydrogen) atoms. The van der Waals surface area contributed by atoms with Crippen LogP contribution in [0.15, 0.2) is 30.9 Å². The summed E-state index contributed by atoms with van der Waals surface area (Å²) in [6, 6.07) is 3.66. The Kier molecular flexibility index (Phi) is 1.73. The van der Waals surface area contributed by atoms with Gasteiger partial charge in [0.05, 0.1) is 0 Å². The molecule has 0 saturated heterocycles. The zero-order chi connectivity index (χ0) is 9.10. The molecule has 0 amide bonds. The van der Waals surface area contributed by atoms with Crippen molar-refractivity contribution >= 4 is 0 Å². The van der Waals surface area contributed by atoms with Gasteiger partial charge in [-0.15, -0.1) is 0 Å². The van der Waals surface area contributed by atoms with Crippen LogP contribution in [-0.4, -0.2) is 19.5 Å². The van der Waals surface area contributed by atoms with E-state index >= 15 is 0 Å². The van der Waals surface area contributed by atoms with Gasteiger partial charge in [-0.1, -0.05) is 0 Å². The molecule has 5 heteroatoms. The second-order valence-electron chi connectivity index (χ2n) is 2.28. The third kappa shape index (κ3) is 1.25. The summed E-state index contributed by atoms with van der Waals surface area (Å²) in [5.74, 6) is 0.739. The second kappa shape index (κ2) is 3.03. The van der Waals surface area contributed by atoms with Crippen molar-refractivity contribution in [3.05, 3.63) is 36.7 Å². The van der Waals surface area contributed by atoms with Crippen LogP contribution in [-0.2, 0) is 0 Å². The Hall–Kier alpha value is -2.22. The first-order chi connectivity index (χ1) is 6.42. The molecule has 5 nitrogen and oxygen atoms in total. The van der Waals surface area contributed by atoms with E-state index in [9.17, 15) is 0 Å². The van der Waals surface area contributed by atoms with Crippen LogP contribution in [0.25, 0.3) is 5.95 Å². The van der Waals surface area contributed by atoms with Crippen LogP contribution in [0.1, 0.15) is 5.82 Å². The molecule has 0 aliphatic rings. The molecule has 2 aromatic rings. The highest BCUT2D eigenvalue weighted by molar-refractivity contribution is 5.22. The summed E-state index contributed by atoms with van der Waals surface area (Å²) in [6.07, 6.45) is 6.41. The molecular weight excluding hydrogens is 166 g/mol. The van der Waals surface area contributed by atoms with Gasteiger partial charge in [0.1, 0.15) is 6.07 Å². The summed E-state index contributed by atoms with van der Waals surface area (Å²) in [4.78, 5) is 11.8. The van der Waals surface area contributed by atoms with E-state index in [4.69, 9.17) is 5.26 Å². The van der Waals surface area contributed by atoms with Gasteiger partial charge in [0.2, 0.25) is 11.8 Å². The molecule has 0 aliphatic heterocycles. The highest BCUT2D eigenvalue weighted by atomic mass is 15.2. The van der Waals surface area contributed by atoms with Crippen molar-refractivity contribution in [1.29, 1.82) is 5.26 Å². The molecule has 0 bridgehead atoms. The smallest absolute Gasteiger partial charge is 0.235 e. The highest BCUT2D eigenvalue weighted by Gasteiger charge is 2.04. The fourth-order valence-electron chi connectivity index (χ4n) is 0.963. The minimum absolute atomic E-state index is 0.284. The fourth-order valence-corrected chi connectivity index (χ4v) is 0.963. The monoisotopic (exact) mass is 171 g/mol. The van der Waals surface area contributed by atoms with Crippen molar-refractivity contribution in [2.24, 2.45) is 0 Å². The lowest BCUT2D eigenvalue weighted by Crippen LogP contribution is -2.01. The summed E-state index contributed by atoms with van der Waals surface area (Å²) in [6.45, 7) is 0.